The van der Waals surface area contributed by atoms with Crippen molar-refractivity contribution >= 4 is 0 Å². The Balaban J connectivity index is 1.74. The SMILES string of the molecule is CO[C@H]1O[C@H](CO[C@H]2O[C@H](CO)[C@@H](O)[C@H](O)[C@H]2O)[C@@H](O[C@H]2O[C@H](CO)[C@@H](O)[C@H](O)[C@H]2O)[C@H](O)[C@H]1O. The van der Waals surface area contributed by atoms with Gasteiger partial charge in [-0.3, -0.25) is 0 Å². The molecule has 35 heavy (non-hydrogen) atoms. The average Bonchev–Trinajstić information content (AvgIpc) is 2.85. The first kappa shape index (κ1) is 28.9. The maximum absolute atomic E-state index is 10.6. The predicted molar refractivity (Wildman–Crippen MR) is 106 cm³/mol. The molecule has 16 heteroatoms. The van der Waals surface area contributed by atoms with Crippen LogP contribution in [0.15, 0.2) is 0 Å². The second kappa shape index (κ2) is 12.3. The van der Waals surface area contributed by atoms with E-state index >= 15 is 0 Å². The number of aliphatic hydroxyl groups is 10. The predicted octanol–water partition coefficient (Wildman–Crippen LogP) is -6.92. The van der Waals surface area contributed by atoms with Crippen molar-refractivity contribution in [2.45, 2.75) is 92.1 Å². The molecule has 3 heterocycles. The van der Waals surface area contributed by atoms with Gasteiger partial charge in [0.2, 0.25) is 0 Å². The highest BCUT2D eigenvalue weighted by Gasteiger charge is 2.51. The van der Waals surface area contributed by atoms with E-state index in [0.717, 1.165) is 0 Å². The van der Waals surface area contributed by atoms with E-state index in [9.17, 15) is 51.1 Å². The summed E-state index contributed by atoms with van der Waals surface area (Å²) in [6.07, 6.45) is -23.6. The van der Waals surface area contributed by atoms with Crippen LogP contribution < -0.4 is 0 Å². The molecule has 3 aliphatic rings. The molecule has 16 nitrogen and oxygen atoms in total. The summed E-state index contributed by atoms with van der Waals surface area (Å²) >= 11 is 0. The van der Waals surface area contributed by atoms with Crippen molar-refractivity contribution in [1.82, 2.24) is 0 Å². The molecule has 3 fully saturated rings. The van der Waals surface area contributed by atoms with Crippen molar-refractivity contribution < 1.29 is 79.5 Å². The lowest BCUT2D eigenvalue weighted by molar-refractivity contribution is -0.365. The summed E-state index contributed by atoms with van der Waals surface area (Å²) in [5, 5.41) is 99.8. The van der Waals surface area contributed by atoms with Gasteiger partial charge in [0.05, 0.1) is 19.8 Å². The monoisotopic (exact) mass is 518 g/mol. The summed E-state index contributed by atoms with van der Waals surface area (Å²) < 4.78 is 32.1. The lowest BCUT2D eigenvalue weighted by atomic mass is 9.97. The van der Waals surface area contributed by atoms with Gasteiger partial charge in [0.25, 0.3) is 0 Å². The van der Waals surface area contributed by atoms with E-state index in [2.05, 4.69) is 0 Å². The Hall–Kier alpha value is -0.640. The molecule has 0 aliphatic carbocycles. The quantitative estimate of drug-likeness (QED) is 0.143. The zero-order valence-electron chi connectivity index (χ0n) is 18.7. The van der Waals surface area contributed by atoms with Crippen molar-refractivity contribution in [2.75, 3.05) is 26.9 Å². The van der Waals surface area contributed by atoms with Gasteiger partial charge >= 0.3 is 0 Å². The van der Waals surface area contributed by atoms with Gasteiger partial charge in [0.1, 0.15) is 73.2 Å². The molecule has 0 saturated carbocycles. The molecule has 0 bridgehead atoms. The molecule has 0 spiro atoms. The number of rotatable bonds is 8. The summed E-state index contributed by atoms with van der Waals surface area (Å²) in [5.41, 5.74) is 0. The van der Waals surface area contributed by atoms with Gasteiger partial charge in [-0.15, -0.1) is 0 Å². The van der Waals surface area contributed by atoms with Gasteiger partial charge in [-0.25, -0.2) is 0 Å². The maximum atomic E-state index is 10.6. The van der Waals surface area contributed by atoms with Crippen LogP contribution in [0, 0.1) is 0 Å². The van der Waals surface area contributed by atoms with E-state index in [1.165, 1.54) is 7.11 Å². The van der Waals surface area contributed by atoms with Gasteiger partial charge < -0.3 is 79.5 Å². The number of aliphatic hydroxyl groups excluding tert-OH is 10. The molecular weight excluding hydrogens is 484 g/mol. The highest BCUT2D eigenvalue weighted by Crippen LogP contribution is 2.30. The van der Waals surface area contributed by atoms with E-state index in [1.807, 2.05) is 0 Å². The van der Waals surface area contributed by atoms with Gasteiger partial charge in [-0.1, -0.05) is 0 Å². The van der Waals surface area contributed by atoms with Crippen molar-refractivity contribution in [1.29, 1.82) is 0 Å². The van der Waals surface area contributed by atoms with E-state index in [1.54, 1.807) is 0 Å². The summed E-state index contributed by atoms with van der Waals surface area (Å²) in [7, 11) is 1.19. The highest BCUT2D eigenvalue weighted by molar-refractivity contribution is 4.95. The molecule has 15 atom stereocenters. The molecule has 0 unspecified atom stereocenters. The largest absolute Gasteiger partial charge is 0.394 e. The summed E-state index contributed by atoms with van der Waals surface area (Å²) in [6, 6.07) is 0. The Morgan fingerprint density at radius 1 is 0.543 bits per heavy atom. The third kappa shape index (κ3) is 5.93. The minimum Gasteiger partial charge on any atom is -0.394 e. The maximum Gasteiger partial charge on any atom is 0.187 e. The van der Waals surface area contributed by atoms with E-state index < -0.39 is 112 Å². The first-order valence-corrected chi connectivity index (χ1v) is 11.0. The van der Waals surface area contributed by atoms with Crippen molar-refractivity contribution in [3.8, 4) is 0 Å². The van der Waals surface area contributed by atoms with Gasteiger partial charge in [-0.2, -0.15) is 0 Å². The third-order valence-electron chi connectivity index (χ3n) is 6.29. The van der Waals surface area contributed by atoms with Crippen molar-refractivity contribution in [2.24, 2.45) is 0 Å². The van der Waals surface area contributed by atoms with Gasteiger partial charge in [0, 0.05) is 7.11 Å². The Labute approximate surface area is 199 Å². The first-order chi connectivity index (χ1) is 16.5. The highest BCUT2D eigenvalue weighted by atomic mass is 16.8. The normalized spacial score (nSPS) is 51.3. The van der Waals surface area contributed by atoms with Crippen LogP contribution in [0.25, 0.3) is 0 Å². The van der Waals surface area contributed by atoms with E-state index in [0.29, 0.717) is 0 Å². The molecule has 3 saturated heterocycles. The lowest BCUT2D eigenvalue weighted by Gasteiger charge is -2.46. The Morgan fingerprint density at radius 3 is 1.51 bits per heavy atom. The molecule has 0 amide bonds. The molecular formula is C19H34O16. The summed E-state index contributed by atoms with van der Waals surface area (Å²) in [6.45, 7) is -1.95. The molecule has 3 rings (SSSR count). The standard InChI is InChI=1S/C19H34O16/c1-30-17-15(29)12(26)16(35-19-14(28)11(25)9(23)6(3-21)33-19)7(34-17)4-31-18-13(27)10(24)8(22)5(2-20)32-18/h5-29H,2-4H2,1H3/t5-,6-,7-,8-,9-,10+,11+,12-,13-,14-,15-,16-,17+,18+,19-/m1/s1. The fourth-order valence-corrected chi connectivity index (χ4v) is 4.13. The van der Waals surface area contributed by atoms with Crippen LogP contribution in [0.2, 0.25) is 0 Å². The molecule has 0 radical (unpaired) electrons. The first-order valence-electron chi connectivity index (χ1n) is 11.0. The minimum atomic E-state index is -1.82. The van der Waals surface area contributed by atoms with Crippen LogP contribution in [0.1, 0.15) is 0 Å². The fraction of sp³-hybridized carbons (Fsp3) is 1.00. The zero-order chi connectivity index (χ0) is 26.0. The minimum absolute atomic E-state index is 0.533. The van der Waals surface area contributed by atoms with Crippen LogP contribution in [-0.2, 0) is 28.4 Å². The topological polar surface area (TPSA) is 258 Å². The molecule has 0 aromatic heterocycles. The van der Waals surface area contributed by atoms with E-state index in [4.69, 9.17) is 28.4 Å². The summed E-state index contributed by atoms with van der Waals surface area (Å²) in [5.74, 6) is 0. The Kier molecular flexibility index (Phi) is 10.1. The number of methoxy groups -OCH3 is 1. The molecule has 10 N–H and O–H groups in total. The second-order valence-corrected chi connectivity index (χ2v) is 8.59. The van der Waals surface area contributed by atoms with Gasteiger partial charge in [0.15, 0.2) is 18.9 Å². The second-order valence-electron chi connectivity index (χ2n) is 8.59. The number of ether oxygens (including phenoxy) is 6. The molecule has 3 aliphatic heterocycles. The molecule has 0 aromatic carbocycles. The van der Waals surface area contributed by atoms with Crippen LogP contribution >= 0.6 is 0 Å². The molecule has 0 aromatic rings. The smallest absolute Gasteiger partial charge is 0.187 e. The van der Waals surface area contributed by atoms with Crippen molar-refractivity contribution in [3.05, 3.63) is 0 Å². The van der Waals surface area contributed by atoms with Crippen LogP contribution in [0.4, 0.5) is 0 Å². The molecule has 206 valence electrons. The Bertz CT molecular complexity index is 652. The number of hydrogen-bond acceptors (Lipinski definition) is 16. The fourth-order valence-electron chi connectivity index (χ4n) is 4.13. The van der Waals surface area contributed by atoms with E-state index in [-0.39, 0.29) is 0 Å². The van der Waals surface area contributed by atoms with Gasteiger partial charge in [-0.05, 0) is 0 Å². The van der Waals surface area contributed by atoms with Crippen molar-refractivity contribution in [3.63, 3.8) is 0 Å². The average molecular weight is 518 g/mol. The van der Waals surface area contributed by atoms with Crippen LogP contribution in [-0.4, -0.2) is 170 Å². The zero-order valence-corrected chi connectivity index (χ0v) is 18.7. The number of hydrogen-bond donors (Lipinski definition) is 10. The third-order valence-corrected chi connectivity index (χ3v) is 6.29. The Morgan fingerprint density at radius 2 is 1.00 bits per heavy atom. The van der Waals surface area contributed by atoms with Crippen LogP contribution in [0.3, 0.4) is 0 Å². The summed E-state index contributed by atoms with van der Waals surface area (Å²) in [4.78, 5) is 0. The van der Waals surface area contributed by atoms with Crippen LogP contribution in [0.5, 0.6) is 0 Å². The lowest BCUT2D eigenvalue weighted by Crippen LogP contribution is -2.65.